The molecular formula is C12H23NaO4. The van der Waals surface area contributed by atoms with Crippen LogP contribution in [0.3, 0.4) is 0 Å². The average Bonchev–Trinajstić information content (AvgIpc) is 2.22. The van der Waals surface area contributed by atoms with Gasteiger partial charge in [0, 0.05) is 0 Å². The summed E-state index contributed by atoms with van der Waals surface area (Å²) in [5.74, 6) is -2.84. The summed E-state index contributed by atoms with van der Waals surface area (Å²) in [5, 5.41) is 18.0. The van der Waals surface area contributed by atoms with Crippen LogP contribution in [0, 0.1) is 11.3 Å². The third kappa shape index (κ3) is 5.40. The topological polar surface area (TPSA) is 74.6 Å². The van der Waals surface area contributed by atoms with E-state index in [1.165, 1.54) is 6.92 Å². The molecule has 0 aliphatic heterocycles. The molecule has 17 heavy (non-hydrogen) atoms. The number of carboxylic acid groups (broad SMARTS) is 2. The molecule has 0 amide bonds. The number of rotatable bonds is 8. The Balaban J connectivity index is -0.00000112. The van der Waals surface area contributed by atoms with Gasteiger partial charge in [-0.25, -0.2) is 0 Å². The monoisotopic (exact) mass is 254 g/mol. The first-order valence-corrected chi connectivity index (χ1v) is 5.84. The molecule has 0 saturated carbocycles. The van der Waals surface area contributed by atoms with Gasteiger partial charge in [-0.3, -0.25) is 9.59 Å². The van der Waals surface area contributed by atoms with E-state index in [1.54, 1.807) is 6.92 Å². The van der Waals surface area contributed by atoms with E-state index in [0.29, 0.717) is 6.42 Å². The predicted molar refractivity (Wildman–Crippen MR) is 62.4 cm³/mol. The van der Waals surface area contributed by atoms with E-state index in [4.69, 9.17) is 10.2 Å². The number of carbonyl (C=O) groups is 2. The van der Waals surface area contributed by atoms with Gasteiger partial charge in [-0.2, -0.15) is 0 Å². The molecule has 5 heteroatoms. The van der Waals surface area contributed by atoms with Crippen LogP contribution in [0.15, 0.2) is 0 Å². The van der Waals surface area contributed by atoms with Crippen LogP contribution in [0.5, 0.6) is 0 Å². The van der Waals surface area contributed by atoms with E-state index in [0.717, 1.165) is 25.7 Å². The Morgan fingerprint density at radius 1 is 1.18 bits per heavy atom. The maximum absolute atomic E-state index is 11.0. The average molecular weight is 254 g/mol. The van der Waals surface area contributed by atoms with E-state index in [2.05, 4.69) is 6.92 Å². The summed E-state index contributed by atoms with van der Waals surface area (Å²) >= 11 is 0. The van der Waals surface area contributed by atoms with Gasteiger partial charge in [-0.15, -0.1) is 0 Å². The standard InChI is InChI=1S/C12H22O4.Na.H/c1-4-5-6-7-8-9(2)12(3,10(13)14)11(15)16;;/h9H,4-8H2,1-3H3,(H,13,14)(H,15,16);;/q;+1;-1. The molecule has 4 nitrogen and oxygen atoms in total. The Bertz CT molecular complexity index is 244. The number of unbranched alkanes of at least 4 members (excludes halogenated alkanes) is 3. The van der Waals surface area contributed by atoms with Gasteiger partial charge in [0.2, 0.25) is 0 Å². The molecule has 0 spiro atoms. The molecule has 0 bridgehead atoms. The summed E-state index contributed by atoms with van der Waals surface area (Å²) in [7, 11) is 0. The zero-order valence-electron chi connectivity index (χ0n) is 12.3. The summed E-state index contributed by atoms with van der Waals surface area (Å²) in [5.41, 5.74) is -1.66. The van der Waals surface area contributed by atoms with Gasteiger partial charge in [-0.05, 0) is 19.3 Å². The van der Waals surface area contributed by atoms with Crippen LogP contribution in [0.1, 0.15) is 54.3 Å². The fraction of sp³-hybridized carbons (Fsp3) is 0.833. The van der Waals surface area contributed by atoms with Crippen molar-refractivity contribution in [2.75, 3.05) is 0 Å². The Morgan fingerprint density at radius 3 is 2.00 bits per heavy atom. The largest absolute Gasteiger partial charge is 1.00 e. The van der Waals surface area contributed by atoms with Gasteiger partial charge >= 0.3 is 41.5 Å². The fourth-order valence-corrected chi connectivity index (χ4v) is 1.68. The SMILES string of the molecule is CCCCCCC(C)C(C)(C(=O)O)C(=O)O.[H-].[Na+]. The Labute approximate surface area is 127 Å². The van der Waals surface area contributed by atoms with Crippen molar-refractivity contribution in [2.24, 2.45) is 11.3 Å². The zero-order chi connectivity index (χ0) is 12.8. The Hall–Kier alpha value is -0.0600. The van der Waals surface area contributed by atoms with Crippen molar-refractivity contribution in [3.63, 3.8) is 0 Å². The maximum atomic E-state index is 11.0. The molecule has 1 atom stereocenters. The maximum Gasteiger partial charge on any atom is 1.00 e. The van der Waals surface area contributed by atoms with Crippen LogP contribution in [0.4, 0.5) is 0 Å². The Kier molecular flexibility index (Phi) is 10.2. The molecule has 1 unspecified atom stereocenters. The minimum absolute atomic E-state index is 0. The first-order valence-electron chi connectivity index (χ1n) is 5.84. The van der Waals surface area contributed by atoms with Crippen LogP contribution in [0.2, 0.25) is 0 Å². The van der Waals surface area contributed by atoms with Crippen LogP contribution in [0.25, 0.3) is 0 Å². The summed E-state index contributed by atoms with van der Waals surface area (Å²) in [6.45, 7) is 5.10. The molecule has 96 valence electrons. The summed E-state index contributed by atoms with van der Waals surface area (Å²) in [6.07, 6.45) is 4.81. The normalized spacial score (nSPS) is 12.6. The number of carboxylic acids is 2. The second-order valence-electron chi connectivity index (χ2n) is 4.56. The zero-order valence-corrected chi connectivity index (χ0v) is 13.3. The summed E-state index contributed by atoms with van der Waals surface area (Å²) in [6, 6.07) is 0. The van der Waals surface area contributed by atoms with Crippen LogP contribution >= 0.6 is 0 Å². The minimum Gasteiger partial charge on any atom is -1.00 e. The van der Waals surface area contributed by atoms with E-state index in [-0.39, 0.29) is 36.9 Å². The third-order valence-corrected chi connectivity index (χ3v) is 3.36. The minimum atomic E-state index is -1.66. The number of hydrogen-bond donors (Lipinski definition) is 2. The number of aliphatic carboxylic acids is 2. The molecule has 0 aromatic carbocycles. The van der Waals surface area contributed by atoms with E-state index in [9.17, 15) is 9.59 Å². The van der Waals surface area contributed by atoms with Crippen molar-refractivity contribution in [3.05, 3.63) is 0 Å². The molecule has 0 aromatic heterocycles. The first-order chi connectivity index (χ1) is 7.37. The molecule has 0 aromatic rings. The Morgan fingerprint density at radius 2 is 1.65 bits per heavy atom. The molecule has 0 aliphatic carbocycles. The second-order valence-corrected chi connectivity index (χ2v) is 4.56. The molecule has 0 fully saturated rings. The van der Waals surface area contributed by atoms with Crippen LogP contribution in [-0.4, -0.2) is 22.2 Å². The summed E-state index contributed by atoms with van der Waals surface area (Å²) < 4.78 is 0. The molecular weight excluding hydrogens is 231 g/mol. The van der Waals surface area contributed by atoms with Gasteiger partial charge in [-0.1, -0.05) is 39.5 Å². The predicted octanol–water partition coefficient (Wildman–Crippen LogP) is -0.115. The smallest absolute Gasteiger partial charge is 1.00 e. The van der Waals surface area contributed by atoms with Gasteiger partial charge < -0.3 is 11.6 Å². The van der Waals surface area contributed by atoms with Crippen molar-refractivity contribution in [1.82, 2.24) is 0 Å². The van der Waals surface area contributed by atoms with Gasteiger partial charge in [0.15, 0.2) is 5.41 Å². The molecule has 2 N–H and O–H groups in total. The van der Waals surface area contributed by atoms with Crippen molar-refractivity contribution >= 4 is 11.9 Å². The molecule has 0 saturated heterocycles. The molecule has 0 rings (SSSR count). The van der Waals surface area contributed by atoms with Crippen LogP contribution < -0.4 is 29.6 Å². The van der Waals surface area contributed by atoms with Crippen molar-refractivity contribution < 1.29 is 50.8 Å². The van der Waals surface area contributed by atoms with Gasteiger partial charge in [0.25, 0.3) is 0 Å². The van der Waals surface area contributed by atoms with Crippen molar-refractivity contribution in [2.45, 2.75) is 52.9 Å². The van der Waals surface area contributed by atoms with Crippen LogP contribution in [-0.2, 0) is 9.59 Å². The second kappa shape index (κ2) is 8.95. The van der Waals surface area contributed by atoms with Gasteiger partial charge in [0.05, 0.1) is 0 Å². The molecule has 0 radical (unpaired) electrons. The van der Waals surface area contributed by atoms with Crippen molar-refractivity contribution in [1.29, 1.82) is 0 Å². The van der Waals surface area contributed by atoms with E-state index >= 15 is 0 Å². The fourth-order valence-electron chi connectivity index (χ4n) is 1.68. The van der Waals surface area contributed by atoms with Crippen molar-refractivity contribution in [3.8, 4) is 0 Å². The molecule has 0 aliphatic rings. The van der Waals surface area contributed by atoms with E-state index in [1.807, 2.05) is 0 Å². The first kappa shape index (κ1) is 19.3. The van der Waals surface area contributed by atoms with E-state index < -0.39 is 17.4 Å². The summed E-state index contributed by atoms with van der Waals surface area (Å²) in [4.78, 5) is 22.0. The quantitative estimate of drug-likeness (QED) is 0.360. The third-order valence-electron chi connectivity index (χ3n) is 3.36. The molecule has 0 heterocycles. The number of hydrogen-bond acceptors (Lipinski definition) is 2. The van der Waals surface area contributed by atoms with Gasteiger partial charge in [0.1, 0.15) is 0 Å².